The monoisotopic (exact) mass is 280 g/mol. The van der Waals surface area contributed by atoms with Crippen LogP contribution >= 0.6 is 0 Å². The first kappa shape index (κ1) is 14.1. The number of hydrogen-bond donors (Lipinski definition) is 2. The second kappa shape index (κ2) is 5.79. The summed E-state index contributed by atoms with van der Waals surface area (Å²) in [5.41, 5.74) is 2.39. The summed E-state index contributed by atoms with van der Waals surface area (Å²) in [5, 5.41) is 0. The van der Waals surface area contributed by atoms with Gasteiger partial charge in [0.15, 0.2) is 0 Å². The molecule has 2 aromatic rings. The molecular formula is C13H14F2N4O. The minimum Gasteiger partial charge on any atom is -0.439 e. The molecule has 5 nitrogen and oxygen atoms in total. The molecule has 2 rings (SSSR count). The molecule has 1 aromatic carbocycles. The number of benzene rings is 1. The molecule has 1 aromatic heterocycles. The van der Waals surface area contributed by atoms with Gasteiger partial charge in [0, 0.05) is 30.2 Å². The zero-order valence-corrected chi connectivity index (χ0v) is 11.0. The molecule has 0 amide bonds. The Morgan fingerprint density at radius 2 is 1.75 bits per heavy atom. The Morgan fingerprint density at radius 3 is 2.30 bits per heavy atom. The van der Waals surface area contributed by atoms with E-state index in [9.17, 15) is 8.78 Å². The third kappa shape index (κ3) is 3.39. The molecule has 106 valence electrons. The minimum atomic E-state index is -0.727. The lowest BCUT2D eigenvalue weighted by molar-refractivity contribution is 0.446. The summed E-state index contributed by atoms with van der Waals surface area (Å²) in [4.78, 5) is 8.31. The van der Waals surface area contributed by atoms with Crippen molar-refractivity contribution in [3.63, 3.8) is 0 Å². The number of nitrogens with one attached hydrogen (secondary N) is 1. The van der Waals surface area contributed by atoms with E-state index in [2.05, 4.69) is 15.4 Å². The number of hydrogen-bond acceptors (Lipinski definition) is 5. The summed E-state index contributed by atoms with van der Waals surface area (Å²) < 4.78 is 31.5. The summed E-state index contributed by atoms with van der Waals surface area (Å²) in [5.74, 6) is 4.94. The molecule has 0 spiro atoms. The van der Waals surface area contributed by atoms with E-state index >= 15 is 0 Å². The molecule has 0 saturated heterocycles. The maximum Gasteiger partial charge on any atom is 0.224 e. The number of nitrogens with zero attached hydrogens (tertiary/aromatic N) is 2. The zero-order valence-electron chi connectivity index (χ0n) is 11.0. The number of hydrazine groups is 1. The predicted octanol–water partition coefficient (Wildman–Crippen LogP) is 2.96. The fourth-order valence-corrected chi connectivity index (χ4v) is 1.54. The van der Waals surface area contributed by atoms with Crippen LogP contribution in [0.15, 0.2) is 24.3 Å². The van der Waals surface area contributed by atoms with Crippen molar-refractivity contribution in [2.75, 3.05) is 5.43 Å². The summed E-state index contributed by atoms with van der Waals surface area (Å²) in [6, 6.07) is 4.33. The molecule has 7 heteroatoms. The van der Waals surface area contributed by atoms with E-state index in [1.165, 1.54) is 6.07 Å². The first-order valence-corrected chi connectivity index (χ1v) is 5.97. The summed E-state index contributed by atoms with van der Waals surface area (Å²) in [6.07, 6.45) is 0. The molecule has 0 atom stereocenters. The van der Waals surface area contributed by atoms with Crippen LogP contribution in [-0.4, -0.2) is 9.97 Å². The van der Waals surface area contributed by atoms with Crippen molar-refractivity contribution in [3.8, 4) is 11.6 Å². The highest BCUT2D eigenvalue weighted by Crippen LogP contribution is 2.24. The van der Waals surface area contributed by atoms with Crippen LogP contribution in [0.4, 0.5) is 14.6 Å². The van der Waals surface area contributed by atoms with Crippen LogP contribution in [0.2, 0.25) is 0 Å². The lowest BCUT2D eigenvalue weighted by Crippen LogP contribution is -2.11. The number of rotatable bonds is 4. The lowest BCUT2D eigenvalue weighted by Gasteiger charge is -2.10. The fourth-order valence-electron chi connectivity index (χ4n) is 1.54. The van der Waals surface area contributed by atoms with E-state index in [1.54, 1.807) is 0 Å². The van der Waals surface area contributed by atoms with Crippen molar-refractivity contribution < 1.29 is 13.5 Å². The fraction of sp³-hybridized carbons (Fsp3) is 0.231. The summed E-state index contributed by atoms with van der Waals surface area (Å²) in [7, 11) is 0. The van der Waals surface area contributed by atoms with Crippen LogP contribution in [0.5, 0.6) is 11.6 Å². The number of anilines is 1. The molecule has 0 bridgehead atoms. The molecule has 0 fully saturated rings. The van der Waals surface area contributed by atoms with Gasteiger partial charge in [-0.25, -0.2) is 19.6 Å². The van der Waals surface area contributed by atoms with Gasteiger partial charge in [0.1, 0.15) is 29.0 Å². The first-order chi connectivity index (χ1) is 9.47. The van der Waals surface area contributed by atoms with Crippen LogP contribution in [0.1, 0.15) is 25.6 Å². The predicted molar refractivity (Wildman–Crippen MR) is 70.4 cm³/mol. The molecule has 0 radical (unpaired) electrons. The van der Waals surface area contributed by atoms with Crippen LogP contribution in [-0.2, 0) is 0 Å². The lowest BCUT2D eigenvalue weighted by atomic mass is 10.2. The van der Waals surface area contributed by atoms with Crippen molar-refractivity contribution >= 4 is 5.82 Å². The maximum absolute atomic E-state index is 13.1. The normalized spacial score (nSPS) is 10.7. The molecule has 0 aliphatic carbocycles. The third-order valence-electron chi connectivity index (χ3n) is 2.44. The van der Waals surface area contributed by atoms with Gasteiger partial charge in [0.05, 0.1) is 0 Å². The van der Waals surface area contributed by atoms with Crippen molar-refractivity contribution in [3.05, 3.63) is 41.7 Å². The van der Waals surface area contributed by atoms with Crippen LogP contribution in [0.3, 0.4) is 0 Å². The van der Waals surface area contributed by atoms with E-state index in [0.29, 0.717) is 11.6 Å². The van der Waals surface area contributed by atoms with Crippen molar-refractivity contribution in [2.24, 2.45) is 5.84 Å². The molecule has 0 saturated carbocycles. The SMILES string of the molecule is CC(C)c1nc(NN)cc(Oc2cc(F)cc(F)c2)n1. The van der Waals surface area contributed by atoms with E-state index in [1.807, 2.05) is 13.8 Å². The zero-order chi connectivity index (χ0) is 14.7. The maximum atomic E-state index is 13.1. The van der Waals surface area contributed by atoms with Gasteiger partial charge in [0.2, 0.25) is 5.88 Å². The van der Waals surface area contributed by atoms with Crippen molar-refractivity contribution in [1.82, 2.24) is 9.97 Å². The standard InChI is InChI=1S/C13H14F2N4O/c1-7(2)13-17-11(19-16)6-12(18-13)20-10-4-8(14)3-9(15)5-10/h3-7H,16H2,1-2H3,(H,17,18,19). The highest BCUT2D eigenvalue weighted by atomic mass is 19.1. The van der Waals surface area contributed by atoms with Crippen LogP contribution in [0, 0.1) is 11.6 Å². The van der Waals surface area contributed by atoms with Gasteiger partial charge in [-0.3, -0.25) is 0 Å². The molecule has 3 N–H and O–H groups in total. The number of nitrogens with two attached hydrogens (primary N) is 1. The minimum absolute atomic E-state index is 0.0128. The molecule has 0 aliphatic rings. The van der Waals surface area contributed by atoms with Gasteiger partial charge >= 0.3 is 0 Å². The van der Waals surface area contributed by atoms with Crippen molar-refractivity contribution in [2.45, 2.75) is 19.8 Å². The summed E-state index contributed by atoms with van der Waals surface area (Å²) in [6.45, 7) is 3.81. The topological polar surface area (TPSA) is 73.1 Å². The second-order valence-corrected chi connectivity index (χ2v) is 4.46. The third-order valence-corrected chi connectivity index (χ3v) is 2.44. The Labute approximate surface area is 114 Å². The van der Waals surface area contributed by atoms with Gasteiger partial charge in [-0.05, 0) is 0 Å². The van der Waals surface area contributed by atoms with Gasteiger partial charge < -0.3 is 10.2 Å². The van der Waals surface area contributed by atoms with E-state index < -0.39 is 11.6 Å². The summed E-state index contributed by atoms with van der Waals surface area (Å²) >= 11 is 0. The number of ether oxygens (including phenoxy) is 1. The molecule has 20 heavy (non-hydrogen) atoms. The van der Waals surface area contributed by atoms with Gasteiger partial charge in [-0.15, -0.1) is 0 Å². The molecule has 0 unspecified atom stereocenters. The molecular weight excluding hydrogens is 266 g/mol. The van der Waals surface area contributed by atoms with Crippen molar-refractivity contribution in [1.29, 1.82) is 0 Å². The number of nitrogen functional groups attached to an aromatic ring is 1. The van der Waals surface area contributed by atoms with E-state index in [-0.39, 0.29) is 17.5 Å². The van der Waals surface area contributed by atoms with E-state index in [4.69, 9.17) is 10.6 Å². The van der Waals surface area contributed by atoms with E-state index in [0.717, 1.165) is 18.2 Å². The second-order valence-electron chi connectivity index (χ2n) is 4.46. The smallest absolute Gasteiger partial charge is 0.224 e. The average molecular weight is 280 g/mol. The quantitative estimate of drug-likeness (QED) is 0.665. The highest BCUT2D eigenvalue weighted by Gasteiger charge is 2.10. The Kier molecular flexibility index (Phi) is 4.09. The Hall–Kier alpha value is -2.28. The van der Waals surface area contributed by atoms with Gasteiger partial charge in [-0.2, -0.15) is 4.98 Å². The number of halogens is 2. The Bertz CT molecular complexity index is 599. The van der Waals surface area contributed by atoms with Crippen LogP contribution in [0.25, 0.3) is 0 Å². The van der Waals surface area contributed by atoms with Gasteiger partial charge in [-0.1, -0.05) is 13.8 Å². The van der Waals surface area contributed by atoms with Crippen LogP contribution < -0.4 is 16.0 Å². The highest BCUT2D eigenvalue weighted by molar-refractivity contribution is 5.39. The first-order valence-electron chi connectivity index (χ1n) is 5.97. The Morgan fingerprint density at radius 1 is 1.10 bits per heavy atom. The average Bonchev–Trinajstić information content (AvgIpc) is 2.36. The Balaban J connectivity index is 2.34. The number of aromatic nitrogens is 2. The molecule has 0 aliphatic heterocycles. The largest absolute Gasteiger partial charge is 0.439 e. The van der Waals surface area contributed by atoms with Gasteiger partial charge in [0.25, 0.3) is 0 Å². The molecule has 1 heterocycles.